The van der Waals surface area contributed by atoms with Crippen molar-refractivity contribution in [2.45, 2.75) is 10.8 Å². The molecule has 0 unspecified atom stereocenters. The van der Waals surface area contributed by atoms with E-state index in [9.17, 15) is 0 Å². The average Bonchev–Trinajstić information content (AvgIpc) is 3.04. The molecule has 40 heavy (non-hydrogen) atoms. The molecule has 0 N–H and O–H groups in total. The zero-order chi connectivity index (χ0) is 26.5. The first-order chi connectivity index (χ1) is 19.8. The summed E-state index contributed by atoms with van der Waals surface area (Å²) in [6.45, 7) is 0. The second-order valence-corrected chi connectivity index (χ2v) is 11.1. The van der Waals surface area contributed by atoms with Gasteiger partial charge in [0.1, 0.15) is 5.75 Å². The fourth-order valence-electron chi connectivity index (χ4n) is 8.58. The lowest BCUT2D eigenvalue weighted by molar-refractivity contribution is 0.392. The van der Waals surface area contributed by atoms with Crippen LogP contribution in [0.4, 0.5) is 0 Å². The van der Waals surface area contributed by atoms with Crippen LogP contribution >= 0.6 is 0 Å². The Bertz CT molecular complexity index is 1920. The van der Waals surface area contributed by atoms with Crippen LogP contribution in [0.3, 0.4) is 0 Å². The molecule has 188 valence electrons. The largest absolute Gasteiger partial charge is 0.496 e. The molecular weight excluding hydrogens is 484 g/mol. The monoisotopic (exact) mass is 510 g/mol. The fraction of sp³-hybridized carbons (Fsp3) is 0.0769. The Morgan fingerprint density at radius 1 is 0.350 bits per heavy atom. The molecule has 0 fully saturated rings. The molecule has 6 aromatic carbocycles. The number of fused-ring (bicyclic) bond motifs is 9. The van der Waals surface area contributed by atoms with Gasteiger partial charge in [-0.05, 0) is 67.3 Å². The van der Waals surface area contributed by atoms with E-state index in [0.29, 0.717) is 0 Å². The van der Waals surface area contributed by atoms with Crippen LogP contribution in [-0.4, -0.2) is 7.11 Å². The van der Waals surface area contributed by atoms with Gasteiger partial charge in [-0.25, -0.2) is 0 Å². The molecule has 0 aliphatic heterocycles. The number of hydrogen-bond donors (Lipinski definition) is 0. The van der Waals surface area contributed by atoms with Gasteiger partial charge in [0.25, 0.3) is 0 Å². The Hall–Kier alpha value is -4.88. The molecule has 1 heteroatoms. The summed E-state index contributed by atoms with van der Waals surface area (Å²) in [4.78, 5) is 0. The van der Waals surface area contributed by atoms with Crippen molar-refractivity contribution in [3.05, 3.63) is 173 Å². The van der Waals surface area contributed by atoms with Crippen molar-refractivity contribution < 1.29 is 4.74 Å². The summed E-state index contributed by atoms with van der Waals surface area (Å²) in [5.41, 5.74) is 14.7. The molecule has 3 aliphatic rings. The Kier molecular flexibility index (Phi) is 4.18. The molecule has 3 aliphatic carbocycles. The Morgan fingerprint density at radius 2 is 0.675 bits per heavy atom. The number of methoxy groups -OCH3 is 1. The number of benzene rings is 6. The highest BCUT2D eigenvalue weighted by molar-refractivity contribution is 5.99. The van der Waals surface area contributed by atoms with E-state index in [1.54, 1.807) is 7.11 Å². The number of rotatable bonds is 1. The third-order valence-corrected chi connectivity index (χ3v) is 9.72. The molecule has 9 rings (SSSR count). The zero-order valence-corrected chi connectivity index (χ0v) is 22.2. The second kappa shape index (κ2) is 7.61. The molecule has 0 atom stereocenters. The van der Waals surface area contributed by atoms with Crippen LogP contribution in [0.15, 0.2) is 140 Å². The van der Waals surface area contributed by atoms with Crippen LogP contribution in [0.1, 0.15) is 33.4 Å². The minimum absolute atomic E-state index is 0.487. The molecule has 0 aromatic heterocycles. The highest BCUT2D eigenvalue weighted by atomic mass is 16.5. The third-order valence-electron chi connectivity index (χ3n) is 9.72. The molecule has 1 nitrogen and oxygen atoms in total. The Labute approximate surface area is 234 Å². The van der Waals surface area contributed by atoms with Gasteiger partial charge in [0.05, 0.1) is 17.9 Å². The van der Waals surface area contributed by atoms with E-state index in [4.69, 9.17) is 4.74 Å². The number of hydrogen-bond acceptors (Lipinski definition) is 1. The molecule has 0 amide bonds. The topological polar surface area (TPSA) is 9.23 Å². The summed E-state index contributed by atoms with van der Waals surface area (Å²) in [6.07, 6.45) is 0. The Morgan fingerprint density at radius 3 is 1.10 bits per heavy atom. The fourth-order valence-corrected chi connectivity index (χ4v) is 8.58. The van der Waals surface area contributed by atoms with E-state index in [1.165, 1.54) is 66.8 Å². The summed E-state index contributed by atoms with van der Waals surface area (Å²) < 4.78 is 6.14. The molecule has 0 saturated carbocycles. The van der Waals surface area contributed by atoms with Crippen LogP contribution in [-0.2, 0) is 10.8 Å². The highest BCUT2D eigenvalue weighted by Crippen LogP contribution is 2.73. The second-order valence-electron chi connectivity index (χ2n) is 11.1. The maximum atomic E-state index is 6.14. The van der Waals surface area contributed by atoms with Gasteiger partial charge < -0.3 is 4.74 Å². The van der Waals surface area contributed by atoms with E-state index in [-0.39, 0.29) is 0 Å². The summed E-state index contributed by atoms with van der Waals surface area (Å²) in [6, 6.07) is 52.1. The molecule has 0 bridgehead atoms. The van der Waals surface area contributed by atoms with Crippen LogP contribution in [0.5, 0.6) is 5.75 Å². The predicted molar refractivity (Wildman–Crippen MR) is 162 cm³/mol. The van der Waals surface area contributed by atoms with E-state index in [2.05, 4.69) is 140 Å². The van der Waals surface area contributed by atoms with Crippen molar-refractivity contribution >= 4 is 0 Å². The molecule has 0 saturated heterocycles. The lowest BCUT2D eigenvalue weighted by Crippen LogP contribution is -2.58. The van der Waals surface area contributed by atoms with Gasteiger partial charge in [-0.2, -0.15) is 0 Å². The molecule has 6 aromatic rings. The zero-order valence-electron chi connectivity index (χ0n) is 22.2. The van der Waals surface area contributed by atoms with Crippen LogP contribution in [0, 0.1) is 0 Å². The van der Waals surface area contributed by atoms with Crippen molar-refractivity contribution in [1.82, 2.24) is 0 Å². The van der Waals surface area contributed by atoms with Gasteiger partial charge in [0.15, 0.2) is 0 Å². The molecular formula is C39H26O. The summed E-state index contributed by atoms with van der Waals surface area (Å²) in [7, 11) is 1.80. The van der Waals surface area contributed by atoms with E-state index < -0.39 is 10.8 Å². The summed E-state index contributed by atoms with van der Waals surface area (Å²) in [5.74, 6) is 0.917. The summed E-state index contributed by atoms with van der Waals surface area (Å²) >= 11 is 0. The van der Waals surface area contributed by atoms with Crippen LogP contribution in [0.25, 0.3) is 33.4 Å². The minimum Gasteiger partial charge on any atom is -0.496 e. The lowest BCUT2D eigenvalue weighted by Gasteiger charge is -2.62. The van der Waals surface area contributed by atoms with Crippen molar-refractivity contribution in [1.29, 1.82) is 0 Å². The van der Waals surface area contributed by atoms with Crippen LogP contribution < -0.4 is 4.74 Å². The first-order valence-corrected chi connectivity index (χ1v) is 14.0. The van der Waals surface area contributed by atoms with Gasteiger partial charge in [-0.15, -0.1) is 0 Å². The SMILES string of the molecule is COc1cccc2c1-c1ccccc1C13c4ccccc4-c4ccccc4C21c1ccccc1-c1ccccc13. The molecule has 0 radical (unpaired) electrons. The quantitative estimate of drug-likeness (QED) is 0.214. The standard InChI is InChI=1S/C39H26O/c1-40-36-24-12-23-35-37(36)29-17-6-11-22-34(29)38-30-18-7-2-13-25(30)27-15-4-9-20-32(27)39(35,38)33-21-10-5-16-28(33)26-14-3-8-19-31(26)38/h2-24H,1H3. The maximum Gasteiger partial charge on any atom is 0.127 e. The van der Waals surface area contributed by atoms with Gasteiger partial charge in [0.2, 0.25) is 0 Å². The summed E-state index contributed by atoms with van der Waals surface area (Å²) in [5, 5.41) is 0. The van der Waals surface area contributed by atoms with Gasteiger partial charge >= 0.3 is 0 Å². The van der Waals surface area contributed by atoms with Gasteiger partial charge in [-0.3, -0.25) is 0 Å². The minimum atomic E-state index is -0.513. The van der Waals surface area contributed by atoms with E-state index in [0.717, 1.165) is 5.75 Å². The highest BCUT2D eigenvalue weighted by Gasteiger charge is 2.66. The third kappa shape index (κ3) is 2.25. The Balaban J connectivity index is 1.66. The van der Waals surface area contributed by atoms with Gasteiger partial charge in [0, 0.05) is 5.56 Å². The smallest absolute Gasteiger partial charge is 0.127 e. The van der Waals surface area contributed by atoms with E-state index >= 15 is 0 Å². The number of ether oxygens (including phenoxy) is 1. The maximum absolute atomic E-state index is 6.14. The first-order valence-electron chi connectivity index (χ1n) is 14.0. The lowest BCUT2D eigenvalue weighted by atomic mass is 9.38. The molecule has 0 spiro atoms. The molecule has 0 heterocycles. The normalized spacial score (nSPS) is 20.3. The van der Waals surface area contributed by atoms with Crippen LogP contribution in [0.2, 0.25) is 0 Å². The van der Waals surface area contributed by atoms with Crippen molar-refractivity contribution in [2.75, 3.05) is 7.11 Å². The van der Waals surface area contributed by atoms with Gasteiger partial charge in [-0.1, -0.05) is 133 Å². The first kappa shape index (κ1) is 22.0. The van der Waals surface area contributed by atoms with E-state index in [1.807, 2.05) is 0 Å². The average molecular weight is 511 g/mol. The van der Waals surface area contributed by atoms with Crippen molar-refractivity contribution in [2.24, 2.45) is 0 Å². The van der Waals surface area contributed by atoms with Crippen molar-refractivity contribution in [3.8, 4) is 39.1 Å². The predicted octanol–water partition coefficient (Wildman–Crippen LogP) is 9.01. The van der Waals surface area contributed by atoms with Crippen molar-refractivity contribution in [3.63, 3.8) is 0 Å².